The smallest absolute Gasteiger partial charge is 0.219 e. The van der Waals surface area contributed by atoms with Gasteiger partial charge in [0.2, 0.25) is 5.88 Å². The fraction of sp³-hybridized carbons (Fsp3) is 0.154. The molecule has 0 bridgehead atoms. The third-order valence-electron chi connectivity index (χ3n) is 2.29. The third-order valence-corrected chi connectivity index (χ3v) is 2.29. The van der Waals surface area contributed by atoms with Gasteiger partial charge in [0, 0.05) is 24.9 Å². The molecule has 0 saturated heterocycles. The molecule has 0 saturated carbocycles. The summed E-state index contributed by atoms with van der Waals surface area (Å²) < 4.78 is 31.6. The van der Waals surface area contributed by atoms with E-state index in [4.69, 9.17) is 4.74 Å². The van der Waals surface area contributed by atoms with E-state index < -0.39 is 11.6 Å². The Balaban J connectivity index is 2.22. The molecule has 0 aliphatic heterocycles. The van der Waals surface area contributed by atoms with Crippen LogP contribution in [0, 0.1) is 11.6 Å². The SMILES string of the molecule is CNCc1ccnc(Oc2cc(F)ccc2F)c1. The molecule has 1 N–H and O–H groups in total. The van der Waals surface area contributed by atoms with Crippen molar-refractivity contribution in [3.63, 3.8) is 0 Å². The van der Waals surface area contributed by atoms with Crippen molar-refractivity contribution in [2.75, 3.05) is 7.05 Å². The zero-order valence-electron chi connectivity index (χ0n) is 9.78. The van der Waals surface area contributed by atoms with Gasteiger partial charge >= 0.3 is 0 Å². The van der Waals surface area contributed by atoms with Gasteiger partial charge < -0.3 is 10.1 Å². The van der Waals surface area contributed by atoms with Crippen molar-refractivity contribution in [3.05, 3.63) is 53.7 Å². The first-order valence-corrected chi connectivity index (χ1v) is 5.41. The highest BCUT2D eigenvalue weighted by atomic mass is 19.1. The number of halogens is 2. The molecule has 2 rings (SSSR count). The van der Waals surface area contributed by atoms with E-state index in [2.05, 4.69) is 10.3 Å². The highest BCUT2D eigenvalue weighted by Crippen LogP contribution is 2.24. The molecule has 1 aromatic heterocycles. The highest BCUT2D eigenvalue weighted by Gasteiger charge is 2.07. The molecule has 1 aromatic carbocycles. The van der Waals surface area contributed by atoms with Gasteiger partial charge in [-0.15, -0.1) is 0 Å². The Morgan fingerprint density at radius 1 is 1.22 bits per heavy atom. The quantitative estimate of drug-likeness (QED) is 0.906. The Labute approximate surface area is 103 Å². The lowest BCUT2D eigenvalue weighted by Gasteiger charge is -2.07. The minimum atomic E-state index is -0.628. The first kappa shape index (κ1) is 12.4. The second-order valence-electron chi connectivity index (χ2n) is 3.71. The maximum absolute atomic E-state index is 13.4. The minimum absolute atomic E-state index is 0.177. The molecule has 0 aliphatic rings. The van der Waals surface area contributed by atoms with Gasteiger partial charge in [0.1, 0.15) is 5.82 Å². The third kappa shape index (κ3) is 3.01. The minimum Gasteiger partial charge on any atom is -0.436 e. The molecule has 2 aromatic rings. The van der Waals surface area contributed by atoms with Crippen LogP contribution in [0.3, 0.4) is 0 Å². The van der Waals surface area contributed by atoms with Crippen molar-refractivity contribution in [3.8, 4) is 11.6 Å². The monoisotopic (exact) mass is 250 g/mol. The highest BCUT2D eigenvalue weighted by molar-refractivity contribution is 5.30. The van der Waals surface area contributed by atoms with Crippen LogP contribution in [0.25, 0.3) is 0 Å². The standard InChI is InChI=1S/C13H12F2N2O/c1-16-8-9-4-5-17-13(6-9)18-12-7-10(14)2-3-11(12)15/h2-7,16H,8H2,1H3. The summed E-state index contributed by atoms with van der Waals surface area (Å²) in [5.74, 6) is -1.13. The summed E-state index contributed by atoms with van der Waals surface area (Å²) in [4.78, 5) is 3.95. The van der Waals surface area contributed by atoms with Gasteiger partial charge in [0.15, 0.2) is 11.6 Å². The van der Waals surface area contributed by atoms with E-state index in [9.17, 15) is 8.78 Å². The van der Waals surface area contributed by atoms with Crippen LogP contribution in [0.15, 0.2) is 36.5 Å². The Kier molecular flexibility index (Phi) is 3.84. The number of hydrogen-bond acceptors (Lipinski definition) is 3. The van der Waals surface area contributed by atoms with Crippen LogP contribution in [0.5, 0.6) is 11.6 Å². The number of pyridine rings is 1. The maximum atomic E-state index is 13.4. The fourth-order valence-electron chi connectivity index (χ4n) is 1.49. The lowest BCUT2D eigenvalue weighted by molar-refractivity contribution is 0.422. The first-order valence-electron chi connectivity index (χ1n) is 5.41. The summed E-state index contributed by atoms with van der Waals surface area (Å²) in [6.07, 6.45) is 1.55. The number of rotatable bonds is 4. The van der Waals surface area contributed by atoms with Crippen LogP contribution in [-0.4, -0.2) is 12.0 Å². The largest absolute Gasteiger partial charge is 0.436 e. The second kappa shape index (κ2) is 5.55. The number of nitrogens with one attached hydrogen (secondary N) is 1. The van der Waals surface area contributed by atoms with E-state index in [1.165, 1.54) is 0 Å². The number of ether oxygens (including phenoxy) is 1. The van der Waals surface area contributed by atoms with Gasteiger partial charge in [-0.25, -0.2) is 13.8 Å². The molecule has 3 nitrogen and oxygen atoms in total. The summed E-state index contributed by atoms with van der Waals surface area (Å²) in [5.41, 5.74) is 0.944. The van der Waals surface area contributed by atoms with Gasteiger partial charge in [-0.2, -0.15) is 0 Å². The number of benzene rings is 1. The van der Waals surface area contributed by atoms with E-state index in [1.54, 1.807) is 12.3 Å². The van der Waals surface area contributed by atoms with Crippen molar-refractivity contribution < 1.29 is 13.5 Å². The Morgan fingerprint density at radius 2 is 2.06 bits per heavy atom. The summed E-state index contributed by atoms with van der Waals surface area (Å²) in [6.45, 7) is 0.643. The van der Waals surface area contributed by atoms with Gasteiger partial charge in [-0.05, 0) is 30.8 Å². The Bertz CT molecular complexity index is 546. The van der Waals surface area contributed by atoms with E-state index in [0.717, 1.165) is 23.8 Å². The van der Waals surface area contributed by atoms with E-state index >= 15 is 0 Å². The molecule has 0 fully saturated rings. The van der Waals surface area contributed by atoms with E-state index in [1.807, 2.05) is 13.1 Å². The predicted molar refractivity (Wildman–Crippen MR) is 63.4 cm³/mol. The molecule has 0 amide bonds. The lowest BCUT2D eigenvalue weighted by Crippen LogP contribution is -2.05. The van der Waals surface area contributed by atoms with Gasteiger partial charge in [0.25, 0.3) is 0 Å². The molecule has 0 aliphatic carbocycles. The number of nitrogens with zero attached hydrogens (tertiary/aromatic N) is 1. The van der Waals surface area contributed by atoms with Gasteiger partial charge in [-0.1, -0.05) is 0 Å². The molecule has 18 heavy (non-hydrogen) atoms. The molecule has 5 heteroatoms. The molecule has 0 atom stereocenters. The van der Waals surface area contributed by atoms with Gasteiger partial charge in [0.05, 0.1) is 0 Å². The fourth-order valence-corrected chi connectivity index (χ4v) is 1.49. The summed E-state index contributed by atoms with van der Waals surface area (Å²) >= 11 is 0. The average molecular weight is 250 g/mol. The van der Waals surface area contributed by atoms with Crippen LogP contribution in [-0.2, 0) is 6.54 Å². The van der Waals surface area contributed by atoms with Crippen LogP contribution < -0.4 is 10.1 Å². The first-order chi connectivity index (χ1) is 8.69. The Hall–Kier alpha value is -2.01. The van der Waals surface area contributed by atoms with Crippen molar-refractivity contribution >= 4 is 0 Å². The summed E-state index contributed by atoms with van der Waals surface area (Å²) in [6, 6.07) is 6.52. The Morgan fingerprint density at radius 3 is 2.83 bits per heavy atom. The molecule has 0 unspecified atom stereocenters. The van der Waals surface area contributed by atoms with Crippen molar-refractivity contribution in [2.24, 2.45) is 0 Å². The van der Waals surface area contributed by atoms with E-state index in [0.29, 0.717) is 6.54 Å². The summed E-state index contributed by atoms with van der Waals surface area (Å²) in [5, 5.41) is 2.98. The molecule has 1 heterocycles. The molecular weight excluding hydrogens is 238 g/mol. The van der Waals surface area contributed by atoms with Crippen molar-refractivity contribution in [2.45, 2.75) is 6.54 Å². The zero-order valence-corrected chi connectivity index (χ0v) is 9.78. The molecule has 0 spiro atoms. The predicted octanol–water partition coefficient (Wildman–Crippen LogP) is 2.87. The number of aromatic nitrogens is 1. The second-order valence-corrected chi connectivity index (χ2v) is 3.71. The average Bonchev–Trinajstić information content (AvgIpc) is 2.35. The zero-order chi connectivity index (χ0) is 13.0. The van der Waals surface area contributed by atoms with Crippen LogP contribution in [0.1, 0.15) is 5.56 Å². The number of hydrogen-bond donors (Lipinski definition) is 1. The van der Waals surface area contributed by atoms with Crippen molar-refractivity contribution in [1.29, 1.82) is 0 Å². The van der Waals surface area contributed by atoms with Crippen molar-refractivity contribution in [1.82, 2.24) is 10.3 Å². The van der Waals surface area contributed by atoms with Crippen LogP contribution >= 0.6 is 0 Å². The molecule has 94 valence electrons. The molecular formula is C13H12F2N2O. The van der Waals surface area contributed by atoms with E-state index in [-0.39, 0.29) is 11.6 Å². The topological polar surface area (TPSA) is 34.2 Å². The molecule has 0 radical (unpaired) electrons. The summed E-state index contributed by atoms with van der Waals surface area (Å²) in [7, 11) is 1.81. The maximum Gasteiger partial charge on any atom is 0.219 e. The van der Waals surface area contributed by atoms with Gasteiger partial charge in [-0.3, -0.25) is 0 Å². The lowest BCUT2D eigenvalue weighted by atomic mass is 10.2. The van der Waals surface area contributed by atoms with Crippen LogP contribution in [0.2, 0.25) is 0 Å². The van der Waals surface area contributed by atoms with Crippen LogP contribution in [0.4, 0.5) is 8.78 Å². The normalized spacial score (nSPS) is 10.4.